The number of nitrogens with zero attached hydrogens (tertiary/aromatic N) is 3. The molecule has 1 aromatic carbocycles. The number of primary amides is 1. The monoisotopic (exact) mass is 379 g/mol. The molecule has 4 N–H and O–H groups in total. The lowest BCUT2D eigenvalue weighted by Crippen LogP contribution is -2.29. The Morgan fingerprint density at radius 2 is 2.36 bits per heavy atom. The van der Waals surface area contributed by atoms with Crippen LogP contribution in [0, 0.1) is 17.2 Å². The number of carbonyl (C=O) groups is 1. The Bertz CT molecular complexity index is 983. The minimum Gasteiger partial charge on any atom is -0.532 e. The number of amides is 1. The summed E-state index contributed by atoms with van der Waals surface area (Å²) in [5.41, 5.74) is 7.19. The summed E-state index contributed by atoms with van der Waals surface area (Å²) in [7, 11) is -0.964. The average Bonchev–Trinajstić information content (AvgIpc) is 3.12. The first-order chi connectivity index (χ1) is 13.5. The molecule has 1 amide bonds. The Balaban J connectivity index is 1.63. The van der Waals surface area contributed by atoms with Gasteiger partial charge in [-0.1, -0.05) is 6.08 Å². The van der Waals surface area contributed by atoms with Gasteiger partial charge in [0.1, 0.15) is 11.3 Å². The summed E-state index contributed by atoms with van der Waals surface area (Å²) in [4.78, 5) is 11.9. The number of ether oxygens (including phenoxy) is 1. The molecule has 2 aliphatic rings. The van der Waals surface area contributed by atoms with Crippen LogP contribution in [0.4, 0.5) is 11.5 Å². The minimum atomic E-state index is -0.964. The third-order valence-electron chi connectivity index (χ3n) is 4.79. The molecule has 4 rings (SSSR count). The van der Waals surface area contributed by atoms with Crippen molar-refractivity contribution in [1.82, 2.24) is 9.78 Å². The third kappa shape index (κ3) is 3.45. The molecule has 0 bridgehead atoms. The van der Waals surface area contributed by atoms with E-state index in [0.717, 1.165) is 5.56 Å². The number of rotatable bonds is 4. The Morgan fingerprint density at radius 3 is 3.14 bits per heavy atom. The van der Waals surface area contributed by atoms with Crippen molar-refractivity contribution in [1.29, 1.82) is 5.26 Å². The van der Waals surface area contributed by atoms with Gasteiger partial charge in [0.05, 0.1) is 24.6 Å². The Hall–Kier alpha value is -3.29. The molecule has 1 fully saturated rings. The number of hydrogen-bond acceptors (Lipinski definition) is 7. The minimum absolute atomic E-state index is 0.224. The van der Waals surface area contributed by atoms with Crippen molar-refractivity contribution in [2.45, 2.75) is 12.5 Å². The summed E-state index contributed by atoms with van der Waals surface area (Å²) in [6, 6.07) is 7.26. The fraction of sp³-hybridized carbons (Fsp3) is 0.278. The lowest BCUT2D eigenvalue weighted by Gasteiger charge is -2.26. The Kier molecular flexibility index (Phi) is 4.77. The van der Waals surface area contributed by atoms with Crippen molar-refractivity contribution in [2.24, 2.45) is 11.7 Å². The number of anilines is 2. The van der Waals surface area contributed by atoms with Crippen LogP contribution in [0.2, 0.25) is 0 Å². The van der Waals surface area contributed by atoms with Crippen molar-refractivity contribution >= 4 is 30.6 Å². The van der Waals surface area contributed by atoms with Gasteiger partial charge in [0, 0.05) is 24.1 Å². The van der Waals surface area contributed by atoms with E-state index >= 15 is 0 Å². The number of nitrogens with one attached hydrogen (secondary N) is 1. The van der Waals surface area contributed by atoms with E-state index in [1.165, 1.54) is 5.98 Å². The van der Waals surface area contributed by atoms with E-state index in [2.05, 4.69) is 16.5 Å². The fourth-order valence-electron chi connectivity index (χ4n) is 3.32. The second-order valence-electron chi connectivity index (χ2n) is 6.65. The molecule has 0 aliphatic carbocycles. The number of aromatic nitrogens is 2. The summed E-state index contributed by atoms with van der Waals surface area (Å²) in [5, 5.41) is 26.4. The fourth-order valence-corrected chi connectivity index (χ4v) is 3.32. The summed E-state index contributed by atoms with van der Waals surface area (Å²) in [6.45, 7) is 0.879. The van der Waals surface area contributed by atoms with E-state index in [9.17, 15) is 15.1 Å². The van der Waals surface area contributed by atoms with E-state index in [1.807, 2.05) is 6.07 Å². The van der Waals surface area contributed by atoms with Crippen molar-refractivity contribution in [3.05, 3.63) is 41.5 Å². The molecular weight excluding hydrogens is 361 g/mol. The molecule has 0 saturated carbocycles. The van der Waals surface area contributed by atoms with Crippen LogP contribution >= 0.6 is 0 Å². The van der Waals surface area contributed by atoms with Gasteiger partial charge in [0.2, 0.25) is 0 Å². The molecule has 1 aromatic heterocycles. The predicted molar refractivity (Wildman–Crippen MR) is 102 cm³/mol. The molecule has 2 unspecified atom stereocenters. The second kappa shape index (κ2) is 7.38. The second-order valence-corrected chi connectivity index (χ2v) is 6.65. The van der Waals surface area contributed by atoms with Crippen LogP contribution in [0.3, 0.4) is 0 Å². The molecule has 28 heavy (non-hydrogen) atoms. The zero-order valence-electron chi connectivity index (χ0n) is 14.9. The smallest absolute Gasteiger partial charge is 0.532 e. The molecule has 2 aromatic rings. The van der Waals surface area contributed by atoms with Crippen LogP contribution in [0.1, 0.15) is 28.4 Å². The highest BCUT2D eigenvalue weighted by molar-refractivity contribution is 6.51. The van der Waals surface area contributed by atoms with E-state index in [0.29, 0.717) is 36.9 Å². The van der Waals surface area contributed by atoms with Gasteiger partial charge in [-0.2, -0.15) is 10.4 Å². The lowest BCUT2D eigenvalue weighted by atomic mass is 9.86. The van der Waals surface area contributed by atoms with Gasteiger partial charge in [-0.05, 0) is 30.6 Å². The predicted octanol–water partition coefficient (Wildman–Crippen LogP) is 1.25. The van der Waals surface area contributed by atoms with E-state index in [1.54, 1.807) is 29.1 Å². The molecule has 2 atom stereocenters. The molecule has 0 spiro atoms. The van der Waals surface area contributed by atoms with Crippen LogP contribution in [0.5, 0.6) is 5.75 Å². The Labute approximate surface area is 161 Å². The van der Waals surface area contributed by atoms with Crippen molar-refractivity contribution in [2.75, 3.05) is 18.5 Å². The van der Waals surface area contributed by atoms with Gasteiger partial charge in [0.25, 0.3) is 5.91 Å². The summed E-state index contributed by atoms with van der Waals surface area (Å²) in [6.07, 6.45) is 3.91. The molecular formula is C18H18BN5O4. The van der Waals surface area contributed by atoms with Crippen LogP contribution in [0.25, 0.3) is 6.08 Å². The van der Waals surface area contributed by atoms with Gasteiger partial charge in [-0.25, -0.2) is 0 Å². The number of nitrogens with two attached hydrogens (primary N) is 1. The standard InChI is InChI=1S/C18H18BN5O4/c20-8-12-4-6-27-10-15(12)24-9-14(17(21)25)18(23-24)22-13-1-2-16-11(7-13)3-5-19(26)28-16/h1-3,5,7,9,12,15,26H,4,6,10H2,(H2,21,25)(H,22,23). The van der Waals surface area contributed by atoms with Gasteiger partial charge >= 0.3 is 7.12 Å². The van der Waals surface area contributed by atoms with Crippen molar-refractivity contribution in [3.8, 4) is 11.8 Å². The molecule has 142 valence electrons. The summed E-state index contributed by atoms with van der Waals surface area (Å²) < 4.78 is 12.4. The molecule has 2 aliphatic heterocycles. The van der Waals surface area contributed by atoms with Crippen LogP contribution in [-0.2, 0) is 4.74 Å². The summed E-state index contributed by atoms with van der Waals surface area (Å²) in [5.74, 6) is 1.51. The first kappa shape index (κ1) is 18.1. The SMILES string of the molecule is N#CC1CCOCC1n1cc(C(N)=O)c(Nc2ccc3c(c2)C=CB(O)O3)n1. The average molecular weight is 379 g/mol. The molecule has 0 radical (unpaired) electrons. The quantitative estimate of drug-likeness (QED) is 0.681. The van der Waals surface area contributed by atoms with E-state index < -0.39 is 13.0 Å². The zero-order chi connectivity index (χ0) is 19.7. The first-order valence-corrected chi connectivity index (χ1v) is 8.85. The number of fused-ring (bicyclic) bond motifs is 1. The molecule has 3 heterocycles. The lowest BCUT2D eigenvalue weighted by molar-refractivity contribution is 0.0342. The van der Waals surface area contributed by atoms with Gasteiger partial charge in [-0.15, -0.1) is 0 Å². The topological polar surface area (TPSA) is 135 Å². The highest BCUT2D eigenvalue weighted by Gasteiger charge is 2.29. The van der Waals surface area contributed by atoms with Gasteiger partial charge in [0.15, 0.2) is 5.82 Å². The normalized spacial score (nSPS) is 20.8. The number of benzene rings is 1. The Morgan fingerprint density at radius 1 is 1.50 bits per heavy atom. The summed E-state index contributed by atoms with van der Waals surface area (Å²) >= 11 is 0. The maximum Gasteiger partial charge on any atom is 0.552 e. The maximum absolute atomic E-state index is 11.9. The van der Waals surface area contributed by atoms with Crippen molar-refractivity contribution in [3.63, 3.8) is 0 Å². The number of carbonyl (C=O) groups excluding carboxylic acids is 1. The van der Waals surface area contributed by atoms with Crippen molar-refractivity contribution < 1.29 is 19.2 Å². The largest absolute Gasteiger partial charge is 0.552 e. The first-order valence-electron chi connectivity index (χ1n) is 8.85. The highest BCUT2D eigenvalue weighted by Crippen LogP contribution is 2.31. The highest BCUT2D eigenvalue weighted by atomic mass is 16.5. The van der Waals surface area contributed by atoms with Crippen LogP contribution in [0.15, 0.2) is 30.4 Å². The number of nitriles is 1. The zero-order valence-corrected chi connectivity index (χ0v) is 14.9. The van der Waals surface area contributed by atoms with Gasteiger partial charge in [-0.3, -0.25) is 9.48 Å². The number of hydrogen-bond donors (Lipinski definition) is 3. The maximum atomic E-state index is 11.9. The van der Waals surface area contributed by atoms with E-state index in [-0.39, 0.29) is 17.5 Å². The van der Waals surface area contributed by atoms with E-state index in [4.69, 9.17) is 15.1 Å². The van der Waals surface area contributed by atoms with Crippen LogP contribution < -0.4 is 15.7 Å². The third-order valence-corrected chi connectivity index (χ3v) is 4.79. The van der Waals surface area contributed by atoms with Crippen LogP contribution in [-0.4, -0.2) is 41.0 Å². The molecule has 1 saturated heterocycles. The molecule has 9 nitrogen and oxygen atoms in total. The molecule has 10 heteroatoms. The van der Waals surface area contributed by atoms with Gasteiger partial charge < -0.3 is 25.5 Å².